The molecule has 1 aromatic carbocycles. The summed E-state index contributed by atoms with van der Waals surface area (Å²) >= 11 is 7.68. The number of ether oxygens (including phenoxy) is 1. The number of hydrogen-bond donors (Lipinski definition) is 2. The number of nitrogens with two attached hydrogens (primary N) is 1. The molecule has 0 aromatic heterocycles. The molecule has 2 unspecified atom stereocenters. The highest BCUT2D eigenvalue weighted by atomic mass is 35.5. The van der Waals surface area contributed by atoms with Gasteiger partial charge in [0.15, 0.2) is 0 Å². The van der Waals surface area contributed by atoms with Crippen LogP contribution in [0.1, 0.15) is 19.8 Å². The average molecular weight is 315 g/mol. The van der Waals surface area contributed by atoms with E-state index in [0.29, 0.717) is 28.1 Å². The number of carbonyl (C=O) groups excluding carboxylic acids is 1. The van der Waals surface area contributed by atoms with Crippen molar-refractivity contribution in [3.63, 3.8) is 0 Å². The average Bonchev–Trinajstić information content (AvgIpc) is 2.80. The predicted octanol–water partition coefficient (Wildman–Crippen LogP) is 3.16. The summed E-state index contributed by atoms with van der Waals surface area (Å²) in [6, 6.07) is 5.04. The molecule has 20 heavy (non-hydrogen) atoms. The standard InChI is InChI=1S/C14H19ClN2O2S/c1-9-13(4-6-19-9)20-7-5-14(18)17-12-8-10(15)2-3-11(12)16/h2-3,8-9,13H,4-7,16H2,1H3,(H,17,18). The molecule has 1 aromatic rings. The number of halogens is 1. The lowest BCUT2D eigenvalue weighted by molar-refractivity contribution is -0.115. The molecular weight excluding hydrogens is 296 g/mol. The van der Waals surface area contributed by atoms with Crippen LogP contribution in [-0.4, -0.2) is 29.6 Å². The minimum Gasteiger partial charge on any atom is -0.397 e. The van der Waals surface area contributed by atoms with Gasteiger partial charge in [0.05, 0.1) is 17.5 Å². The SMILES string of the molecule is CC1OCCC1SCCC(=O)Nc1cc(Cl)ccc1N. The molecule has 0 aliphatic carbocycles. The minimum absolute atomic E-state index is 0.0435. The predicted molar refractivity (Wildman–Crippen MR) is 85.4 cm³/mol. The molecule has 0 spiro atoms. The van der Waals surface area contributed by atoms with Gasteiger partial charge in [0.2, 0.25) is 5.91 Å². The van der Waals surface area contributed by atoms with E-state index >= 15 is 0 Å². The molecule has 0 radical (unpaired) electrons. The second-order valence-electron chi connectivity index (χ2n) is 4.80. The Labute approximate surface area is 128 Å². The van der Waals surface area contributed by atoms with Crippen LogP contribution in [0.3, 0.4) is 0 Å². The van der Waals surface area contributed by atoms with Crippen LogP contribution in [0, 0.1) is 0 Å². The van der Waals surface area contributed by atoms with Crippen molar-refractivity contribution in [1.29, 1.82) is 0 Å². The zero-order chi connectivity index (χ0) is 14.5. The lowest BCUT2D eigenvalue weighted by atomic mass is 10.2. The van der Waals surface area contributed by atoms with E-state index in [2.05, 4.69) is 12.2 Å². The fourth-order valence-electron chi connectivity index (χ4n) is 2.08. The molecule has 3 N–H and O–H groups in total. The Morgan fingerprint density at radius 3 is 3.10 bits per heavy atom. The zero-order valence-electron chi connectivity index (χ0n) is 11.4. The Kier molecular flexibility index (Phi) is 5.57. The number of nitrogens with one attached hydrogen (secondary N) is 1. The smallest absolute Gasteiger partial charge is 0.225 e. The van der Waals surface area contributed by atoms with Gasteiger partial charge in [0.1, 0.15) is 0 Å². The van der Waals surface area contributed by atoms with E-state index in [9.17, 15) is 4.79 Å². The number of anilines is 2. The van der Waals surface area contributed by atoms with Crippen molar-refractivity contribution < 1.29 is 9.53 Å². The topological polar surface area (TPSA) is 64.3 Å². The second kappa shape index (κ2) is 7.20. The second-order valence-corrected chi connectivity index (χ2v) is 6.59. The van der Waals surface area contributed by atoms with Crippen LogP contribution in [-0.2, 0) is 9.53 Å². The Bertz CT molecular complexity index is 484. The maximum absolute atomic E-state index is 11.9. The number of carbonyl (C=O) groups is 1. The summed E-state index contributed by atoms with van der Waals surface area (Å²) in [5.74, 6) is 0.739. The molecule has 0 bridgehead atoms. The van der Waals surface area contributed by atoms with Crippen LogP contribution in [0.4, 0.5) is 11.4 Å². The lowest BCUT2D eigenvalue weighted by Crippen LogP contribution is -2.17. The fraction of sp³-hybridized carbons (Fsp3) is 0.500. The third-order valence-corrected chi connectivity index (χ3v) is 4.98. The first kappa shape index (κ1) is 15.5. The molecule has 6 heteroatoms. The summed E-state index contributed by atoms with van der Waals surface area (Å²) in [7, 11) is 0. The third-order valence-electron chi connectivity index (χ3n) is 3.26. The lowest BCUT2D eigenvalue weighted by Gasteiger charge is -2.13. The van der Waals surface area contributed by atoms with Crippen LogP contribution in [0.15, 0.2) is 18.2 Å². The molecule has 1 aliphatic heterocycles. The Morgan fingerprint density at radius 1 is 1.60 bits per heavy atom. The van der Waals surface area contributed by atoms with E-state index in [1.54, 1.807) is 30.0 Å². The highest BCUT2D eigenvalue weighted by Crippen LogP contribution is 2.27. The van der Waals surface area contributed by atoms with Gasteiger partial charge < -0.3 is 15.8 Å². The van der Waals surface area contributed by atoms with Gasteiger partial charge in [-0.05, 0) is 31.5 Å². The molecule has 2 atom stereocenters. The molecular formula is C14H19ClN2O2S. The van der Waals surface area contributed by atoms with Gasteiger partial charge in [-0.15, -0.1) is 0 Å². The number of thioether (sulfide) groups is 1. The van der Waals surface area contributed by atoms with Crippen LogP contribution < -0.4 is 11.1 Å². The highest BCUT2D eigenvalue weighted by molar-refractivity contribution is 7.99. The Hall–Kier alpha value is -0.910. The van der Waals surface area contributed by atoms with Gasteiger partial charge >= 0.3 is 0 Å². The summed E-state index contributed by atoms with van der Waals surface area (Å²) in [5, 5.41) is 3.85. The van der Waals surface area contributed by atoms with E-state index < -0.39 is 0 Å². The summed E-state index contributed by atoms with van der Waals surface area (Å²) in [6.45, 7) is 2.90. The molecule has 1 fully saturated rings. The van der Waals surface area contributed by atoms with Crippen LogP contribution in [0.2, 0.25) is 5.02 Å². The Balaban J connectivity index is 1.76. The summed E-state index contributed by atoms with van der Waals surface area (Å²) in [5.41, 5.74) is 6.88. The number of rotatable bonds is 5. The fourth-order valence-corrected chi connectivity index (χ4v) is 3.47. The summed E-state index contributed by atoms with van der Waals surface area (Å²) in [4.78, 5) is 11.9. The first-order valence-electron chi connectivity index (χ1n) is 6.64. The van der Waals surface area contributed by atoms with Crippen molar-refractivity contribution in [2.24, 2.45) is 0 Å². The largest absolute Gasteiger partial charge is 0.397 e. The maximum atomic E-state index is 11.9. The zero-order valence-corrected chi connectivity index (χ0v) is 13.0. The quantitative estimate of drug-likeness (QED) is 0.819. The van der Waals surface area contributed by atoms with Crippen molar-refractivity contribution in [2.75, 3.05) is 23.4 Å². The molecule has 1 amide bonds. The van der Waals surface area contributed by atoms with Gasteiger partial charge in [0, 0.05) is 29.1 Å². The molecule has 4 nitrogen and oxygen atoms in total. The Morgan fingerprint density at radius 2 is 2.40 bits per heavy atom. The summed E-state index contributed by atoms with van der Waals surface area (Å²) < 4.78 is 5.49. The van der Waals surface area contributed by atoms with Crippen LogP contribution in [0.25, 0.3) is 0 Å². The number of nitrogen functional groups attached to an aromatic ring is 1. The van der Waals surface area contributed by atoms with Crippen molar-refractivity contribution in [3.8, 4) is 0 Å². The molecule has 1 aliphatic rings. The number of hydrogen-bond acceptors (Lipinski definition) is 4. The van der Waals surface area contributed by atoms with Crippen LogP contribution in [0.5, 0.6) is 0 Å². The first-order chi connectivity index (χ1) is 9.56. The van der Waals surface area contributed by atoms with Crippen molar-refractivity contribution in [1.82, 2.24) is 0 Å². The summed E-state index contributed by atoms with van der Waals surface area (Å²) in [6.07, 6.45) is 1.81. The van der Waals surface area contributed by atoms with Gasteiger partial charge in [-0.25, -0.2) is 0 Å². The maximum Gasteiger partial charge on any atom is 0.225 e. The van der Waals surface area contributed by atoms with E-state index in [-0.39, 0.29) is 12.0 Å². The number of benzene rings is 1. The van der Waals surface area contributed by atoms with Gasteiger partial charge in [0.25, 0.3) is 0 Å². The van der Waals surface area contributed by atoms with Crippen molar-refractivity contribution in [3.05, 3.63) is 23.2 Å². The molecule has 2 rings (SSSR count). The third kappa shape index (κ3) is 4.30. The molecule has 1 heterocycles. The first-order valence-corrected chi connectivity index (χ1v) is 8.07. The van der Waals surface area contributed by atoms with E-state index in [4.69, 9.17) is 22.1 Å². The molecule has 110 valence electrons. The normalized spacial score (nSPS) is 21.9. The molecule has 1 saturated heterocycles. The van der Waals surface area contributed by atoms with E-state index in [1.807, 2.05) is 0 Å². The van der Waals surface area contributed by atoms with E-state index in [1.165, 1.54) is 0 Å². The van der Waals surface area contributed by atoms with Gasteiger partial charge in [-0.3, -0.25) is 4.79 Å². The van der Waals surface area contributed by atoms with Crippen molar-refractivity contribution in [2.45, 2.75) is 31.1 Å². The van der Waals surface area contributed by atoms with Crippen LogP contribution >= 0.6 is 23.4 Å². The number of amides is 1. The molecule has 0 saturated carbocycles. The monoisotopic (exact) mass is 314 g/mol. The van der Waals surface area contributed by atoms with E-state index in [0.717, 1.165) is 18.8 Å². The van der Waals surface area contributed by atoms with Gasteiger partial charge in [-0.1, -0.05) is 11.6 Å². The van der Waals surface area contributed by atoms with Gasteiger partial charge in [-0.2, -0.15) is 11.8 Å². The van der Waals surface area contributed by atoms with Crippen molar-refractivity contribution >= 4 is 40.6 Å². The highest BCUT2D eigenvalue weighted by Gasteiger charge is 2.24. The minimum atomic E-state index is -0.0435.